The summed E-state index contributed by atoms with van der Waals surface area (Å²) in [6.45, 7) is 4.23. The van der Waals surface area contributed by atoms with Crippen molar-refractivity contribution >= 4 is 12.0 Å². The van der Waals surface area contributed by atoms with Crippen LogP contribution in [-0.4, -0.2) is 23.3 Å². The number of phenolic OH excluding ortho intramolecular Hbond substituents is 1. The Kier molecular flexibility index (Phi) is 5.42. The lowest BCUT2D eigenvalue weighted by Crippen LogP contribution is -1.99. The fraction of sp³-hybridized carbons (Fsp3) is 0.400. The number of phenols is 1. The lowest BCUT2D eigenvalue weighted by molar-refractivity contribution is -0.131. The van der Waals surface area contributed by atoms with E-state index in [-0.39, 0.29) is 5.75 Å². The van der Waals surface area contributed by atoms with Crippen LogP contribution in [0.15, 0.2) is 18.2 Å². The molecule has 0 aliphatic rings. The van der Waals surface area contributed by atoms with Crippen molar-refractivity contribution in [1.82, 2.24) is 0 Å². The van der Waals surface area contributed by atoms with Crippen LogP contribution in [0.25, 0.3) is 6.08 Å². The first-order valence-corrected chi connectivity index (χ1v) is 6.25. The quantitative estimate of drug-likeness (QED) is 0.775. The van der Waals surface area contributed by atoms with Gasteiger partial charge in [0.2, 0.25) is 0 Å². The number of benzene rings is 1. The number of carboxylic acid groups (broad SMARTS) is 1. The summed E-state index contributed by atoms with van der Waals surface area (Å²) in [4.78, 5) is 10.6. The number of hydrogen-bond acceptors (Lipinski definition) is 3. The second-order valence-corrected chi connectivity index (χ2v) is 4.79. The molecule has 0 fully saturated rings. The van der Waals surface area contributed by atoms with Crippen LogP contribution >= 0.6 is 0 Å². The molecular weight excluding hydrogens is 244 g/mol. The number of hydrogen-bond donors (Lipinski definition) is 2. The van der Waals surface area contributed by atoms with E-state index in [0.29, 0.717) is 11.7 Å². The second kappa shape index (κ2) is 6.83. The summed E-state index contributed by atoms with van der Waals surface area (Å²) < 4.78 is 5.22. The summed E-state index contributed by atoms with van der Waals surface area (Å²) >= 11 is 0. The molecule has 19 heavy (non-hydrogen) atoms. The minimum atomic E-state index is -0.998. The molecule has 0 bridgehead atoms. The molecule has 2 N–H and O–H groups in total. The van der Waals surface area contributed by atoms with Crippen molar-refractivity contribution in [3.63, 3.8) is 0 Å². The van der Waals surface area contributed by atoms with E-state index in [1.165, 1.54) is 19.3 Å². The Morgan fingerprint density at radius 3 is 2.63 bits per heavy atom. The fourth-order valence-corrected chi connectivity index (χ4v) is 1.87. The standard InChI is InChI=1S/C15H20O4/c1-10(2)4-7-12-11(6-9-14(17)18)5-8-13(16)15(12)19-3/h5-6,8-10,16H,4,7H2,1-3H3,(H,17,18). The summed E-state index contributed by atoms with van der Waals surface area (Å²) in [5.41, 5.74) is 1.60. The second-order valence-electron chi connectivity index (χ2n) is 4.79. The van der Waals surface area contributed by atoms with Crippen molar-refractivity contribution in [2.45, 2.75) is 26.7 Å². The number of aliphatic carboxylic acids is 1. The molecular formula is C15H20O4. The minimum absolute atomic E-state index is 0.0775. The molecule has 0 saturated carbocycles. The molecule has 0 unspecified atom stereocenters. The van der Waals surface area contributed by atoms with Crippen LogP contribution in [0.5, 0.6) is 11.5 Å². The van der Waals surface area contributed by atoms with Gasteiger partial charge in [0.05, 0.1) is 7.11 Å². The van der Waals surface area contributed by atoms with E-state index in [0.717, 1.165) is 30.0 Å². The Morgan fingerprint density at radius 1 is 1.42 bits per heavy atom. The summed E-state index contributed by atoms with van der Waals surface area (Å²) in [7, 11) is 1.50. The van der Waals surface area contributed by atoms with E-state index in [9.17, 15) is 9.90 Å². The number of ether oxygens (including phenoxy) is 1. The lowest BCUT2D eigenvalue weighted by Gasteiger charge is -2.14. The molecule has 0 aromatic heterocycles. The number of methoxy groups -OCH3 is 1. The fourth-order valence-electron chi connectivity index (χ4n) is 1.87. The van der Waals surface area contributed by atoms with Gasteiger partial charge in [-0.15, -0.1) is 0 Å². The van der Waals surface area contributed by atoms with Crippen molar-refractivity contribution in [1.29, 1.82) is 0 Å². The van der Waals surface area contributed by atoms with Crippen molar-refractivity contribution in [2.24, 2.45) is 5.92 Å². The first kappa shape index (κ1) is 15.1. The van der Waals surface area contributed by atoms with E-state index in [1.54, 1.807) is 6.07 Å². The molecule has 4 heteroatoms. The van der Waals surface area contributed by atoms with Crippen LogP contribution in [-0.2, 0) is 11.2 Å². The van der Waals surface area contributed by atoms with Crippen LogP contribution in [0.1, 0.15) is 31.4 Å². The normalized spacial score (nSPS) is 11.2. The third-order valence-corrected chi connectivity index (χ3v) is 2.86. The van der Waals surface area contributed by atoms with E-state index in [2.05, 4.69) is 13.8 Å². The highest BCUT2D eigenvalue weighted by molar-refractivity contribution is 5.86. The van der Waals surface area contributed by atoms with Crippen LogP contribution in [0.2, 0.25) is 0 Å². The van der Waals surface area contributed by atoms with Crippen molar-refractivity contribution < 1.29 is 19.7 Å². The first-order chi connectivity index (χ1) is 8.95. The van der Waals surface area contributed by atoms with Crippen molar-refractivity contribution in [3.8, 4) is 11.5 Å². The van der Waals surface area contributed by atoms with E-state index in [4.69, 9.17) is 9.84 Å². The SMILES string of the molecule is COc1c(O)ccc(C=CC(=O)O)c1CCC(C)C. The highest BCUT2D eigenvalue weighted by Gasteiger charge is 2.13. The zero-order valence-electron chi connectivity index (χ0n) is 11.5. The highest BCUT2D eigenvalue weighted by atomic mass is 16.5. The smallest absolute Gasteiger partial charge is 0.328 e. The van der Waals surface area contributed by atoms with Crippen LogP contribution in [0.3, 0.4) is 0 Å². The third kappa shape index (κ3) is 4.32. The van der Waals surface area contributed by atoms with Gasteiger partial charge in [-0.1, -0.05) is 19.9 Å². The molecule has 0 amide bonds. The summed E-state index contributed by atoms with van der Waals surface area (Å²) in [5, 5.41) is 18.5. The van der Waals surface area contributed by atoms with Gasteiger partial charge < -0.3 is 14.9 Å². The Balaban J connectivity index is 3.17. The zero-order valence-corrected chi connectivity index (χ0v) is 11.5. The summed E-state index contributed by atoms with van der Waals surface area (Å²) in [5.74, 6) is 0.0205. The van der Waals surface area contributed by atoms with E-state index < -0.39 is 5.97 Å². The molecule has 0 atom stereocenters. The number of aromatic hydroxyl groups is 1. The molecule has 4 nitrogen and oxygen atoms in total. The molecule has 1 aromatic rings. The molecule has 0 spiro atoms. The molecule has 0 heterocycles. The number of carbonyl (C=O) groups is 1. The molecule has 0 radical (unpaired) electrons. The maximum atomic E-state index is 10.6. The van der Waals surface area contributed by atoms with E-state index in [1.807, 2.05) is 0 Å². The Labute approximate surface area is 113 Å². The highest BCUT2D eigenvalue weighted by Crippen LogP contribution is 2.34. The Hall–Kier alpha value is -1.97. The van der Waals surface area contributed by atoms with Gasteiger partial charge in [-0.25, -0.2) is 4.79 Å². The molecule has 0 saturated heterocycles. The minimum Gasteiger partial charge on any atom is -0.504 e. The topological polar surface area (TPSA) is 66.8 Å². The third-order valence-electron chi connectivity index (χ3n) is 2.86. The molecule has 1 rings (SSSR count). The predicted octanol–water partition coefficient (Wildman–Crippen LogP) is 3.09. The Bertz CT molecular complexity index is 475. The molecule has 0 aliphatic heterocycles. The zero-order chi connectivity index (χ0) is 14.4. The number of rotatable bonds is 6. The van der Waals surface area contributed by atoms with Crippen molar-refractivity contribution in [3.05, 3.63) is 29.3 Å². The van der Waals surface area contributed by atoms with Gasteiger partial charge in [-0.05, 0) is 36.5 Å². The summed E-state index contributed by atoms with van der Waals surface area (Å²) in [6.07, 6.45) is 4.28. The first-order valence-electron chi connectivity index (χ1n) is 6.25. The maximum absolute atomic E-state index is 10.6. The van der Waals surface area contributed by atoms with Crippen LogP contribution in [0, 0.1) is 5.92 Å². The van der Waals surface area contributed by atoms with Gasteiger partial charge in [-0.3, -0.25) is 0 Å². The van der Waals surface area contributed by atoms with E-state index >= 15 is 0 Å². The van der Waals surface area contributed by atoms with Gasteiger partial charge in [0.1, 0.15) is 0 Å². The lowest BCUT2D eigenvalue weighted by atomic mass is 9.96. The molecule has 0 aliphatic carbocycles. The molecule has 104 valence electrons. The largest absolute Gasteiger partial charge is 0.504 e. The monoisotopic (exact) mass is 264 g/mol. The van der Waals surface area contributed by atoms with Gasteiger partial charge in [-0.2, -0.15) is 0 Å². The van der Waals surface area contributed by atoms with Gasteiger partial charge >= 0.3 is 5.97 Å². The molecule has 1 aromatic carbocycles. The maximum Gasteiger partial charge on any atom is 0.328 e. The number of carboxylic acids is 1. The summed E-state index contributed by atoms with van der Waals surface area (Å²) in [6, 6.07) is 3.21. The Morgan fingerprint density at radius 2 is 2.11 bits per heavy atom. The van der Waals surface area contributed by atoms with Gasteiger partial charge in [0.15, 0.2) is 11.5 Å². The average Bonchev–Trinajstić information content (AvgIpc) is 2.34. The van der Waals surface area contributed by atoms with Gasteiger partial charge in [0, 0.05) is 11.6 Å². The van der Waals surface area contributed by atoms with Crippen LogP contribution < -0.4 is 4.74 Å². The predicted molar refractivity (Wildman–Crippen MR) is 74.5 cm³/mol. The van der Waals surface area contributed by atoms with Gasteiger partial charge in [0.25, 0.3) is 0 Å². The van der Waals surface area contributed by atoms with Crippen molar-refractivity contribution in [2.75, 3.05) is 7.11 Å². The van der Waals surface area contributed by atoms with Crippen LogP contribution in [0.4, 0.5) is 0 Å². The average molecular weight is 264 g/mol.